The Morgan fingerprint density at radius 2 is 2.18 bits per heavy atom. The molecule has 7 heteroatoms. The molecule has 0 bridgehead atoms. The second-order valence-electron chi connectivity index (χ2n) is 3.29. The van der Waals surface area contributed by atoms with Crippen LogP contribution in [0.15, 0.2) is 18.5 Å². The summed E-state index contributed by atoms with van der Waals surface area (Å²) in [5, 5.41) is 4.94. The number of carbonyl (C=O) groups is 1. The quantitative estimate of drug-likeness (QED) is 0.853. The third-order valence-electron chi connectivity index (χ3n) is 2.03. The van der Waals surface area contributed by atoms with E-state index in [1.807, 2.05) is 0 Å². The molecule has 0 aliphatic rings. The highest BCUT2D eigenvalue weighted by Crippen LogP contribution is 2.18. The van der Waals surface area contributed by atoms with E-state index in [2.05, 4.69) is 15.6 Å². The number of carbonyl (C=O) groups excluding carboxylic acids is 1. The van der Waals surface area contributed by atoms with Crippen molar-refractivity contribution in [3.05, 3.63) is 24.0 Å². The highest BCUT2D eigenvalue weighted by atomic mass is 19.4. The molecule has 0 aromatic carbocycles. The molecule has 94 valence electrons. The number of aromatic nitrogens is 1. The number of rotatable bonds is 4. The maximum Gasteiger partial charge on any atom is 0.390 e. The standard InChI is InChI=1S/C10H12F3N3O/c1-14-8-6-15-4-2-7(8)9(17)16-5-3-10(11,12)13/h2,4,6,14H,3,5H2,1H3,(H,16,17). The summed E-state index contributed by atoms with van der Waals surface area (Å²) in [6.07, 6.45) is -2.48. The fraction of sp³-hybridized carbons (Fsp3) is 0.400. The van der Waals surface area contributed by atoms with Crippen LogP contribution < -0.4 is 10.6 Å². The van der Waals surface area contributed by atoms with Gasteiger partial charge in [-0.2, -0.15) is 13.2 Å². The third-order valence-corrected chi connectivity index (χ3v) is 2.03. The molecule has 1 rings (SSSR count). The minimum atomic E-state index is -4.27. The summed E-state index contributed by atoms with van der Waals surface area (Å²) in [7, 11) is 1.60. The molecule has 17 heavy (non-hydrogen) atoms. The lowest BCUT2D eigenvalue weighted by Gasteiger charge is -2.10. The molecule has 0 radical (unpaired) electrons. The summed E-state index contributed by atoms with van der Waals surface area (Å²) in [4.78, 5) is 15.4. The topological polar surface area (TPSA) is 54.0 Å². The van der Waals surface area contributed by atoms with E-state index in [1.165, 1.54) is 18.5 Å². The van der Waals surface area contributed by atoms with Gasteiger partial charge in [-0.05, 0) is 6.07 Å². The number of alkyl halides is 3. The zero-order valence-corrected chi connectivity index (χ0v) is 9.14. The molecule has 0 saturated heterocycles. The second-order valence-corrected chi connectivity index (χ2v) is 3.29. The molecule has 0 unspecified atom stereocenters. The van der Waals surface area contributed by atoms with Gasteiger partial charge in [-0.15, -0.1) is 0 Å². The van der Waals surface area contributed by atoms with E-state index in [1.54, 1.807) is 7.05 Å². The fourth-order valence-corrected chi connectivity index (χ4v) is 1.20. The Bertz CT molecular complexity index is 393. The van der Waals surface area contributed by atoms with Crippen molar-refractivity contribution < 1.29 is 18.0 Å². The Balaban J connectivity index is 2.58. The first kappa shape index (κ1) is 13.3. The first-order valence-corrected chi connectivity index (χ1v) is 4.91. The van der Waals surface area contributed by atoms with Gasteiger partial charge in [0.2, 0.25) is 0 Å². The van der Waals surface area contributed by atoms with Crippen LogP contribution in [0.1, 0.15) is 16.8 Å². The number of nitrogens with zero attached hydrogens (tertiary/aromatic N) is 1. The zero-order valence-electron chi connectivity index (χ0n) is 9.14. The summed E-state index contributed by atoms with van der Waals surface area (Å²) in [6, 6.07) is 1.44. The zero-order chi connectivity index (χ0) is 12.9. The predicted molar refractivity (Wildman–Crippen MR) is 56.8 cm³/mol. The average molecular weight is 247 g/mol. The predicted octanol–water partition coefficient (Wildman–Crippen LogP) is 1.81. The minimum absolute atomic E-state index is 0.268. The van der Waals surface area contributed by atoms with Crippen LogP contribution in [0, 0.1) is 0 Å². The SMILES string of the molecule is CNc1cnccc1C(=O)NCCC(F)(F)F. The van der Waals surface area contributed by atoms with Gasteiger partial charge in [0.1, 0.15) is 0 Å². The van der Waals surface area contributed by atoms with Crippen LogP contribution in [0.25, 0.3) is 0 Å². The van der Waals surface area contributed by atoms with E-state index in [-0.39, 0.29) is 5.56 Å². The normalized spacial score (nSPS) is 11.1. The highest BCUT2D eigenvalue weighted by Gasteiger charge is 2.26. The molecule has 1 heterocycles. The summed E-state index contributed by atoms with van der Waals surface area (Å²) in [5.74, 6) is -0.555. The number of halogens is 3. The van der Waals surface area contributed by atoms with Crippen LogP contribution in [0.5, 0.6) is 0 Å². The lowest BCUT2D eigenvalue weighted by Crippen LogP contribution is -2.28. The Kier molecular flexibility index (Phi) is 4.30. The van der Waals surface area contributed by atoms with Crippen LogP contribution >= 0.6 is 0 Å². The molecule has 0 spiro atoms. The molecule has 1 amide bonds. The molecule has 0 aliphatic heterocycles. The molecule has 1 aromatic rings. The molecule has 2 N–H and O–H groups in total. The lowest BCUT2D eigenvalue weighted by atomic mass is 10.2. The molecule has 0 saturated carbocycles. The van der Waals surface area contributed by atoms with Crippen LogP contribution in [0.2, 0.25) is 0 Å². The number of hydrogen-bond donors (Lipinski definition) is 2. The van der Waals surface area contributed by atoms with Crippen molar-refractivity contribution in [2.75, 3.05) is 18.9 Å². The number of amides is 1. The monoisotopic (exact) mass is 247 g/mol. The third kappa shape index (κ3) is 4.29. The first-order chi connectivity index (χ1) is 7.94. The van der Waals surface area contributed by atoms with Crippen molar-refractivity contribution in [1.29, 1.82) is 0 Å². The van der Waals surface area contributed by atoms with Gasteiger partial charge >= 0.3 is 6.18 Å². The van der Waals surface area contributed by atoms with Gasteiger partial charge in [-0.1, -0.05) is 0 Å². The van der Waals surface area contributed by atoms with Gasteiger partial charge in [0.05, 0.1) is 23.9 Å². The summed E-state index contributed by atoms with van der Waals surface area (Å²) >= 11 is 0. The van der Waals surface area contributed by atoms with E-state index in [9.17, 15) is 18.0 Å². The van der Waals surface area contributed by atoms with Crippen molar-refractivity contribution in [2.24, 2.45) is 0 Å². The molecule has 0 fully saturated rings. The van der Waals surface area contributed by atoms with Crippen molar-refractivity contribution in [1.82, 2.24) is 10.3 Å². The van der Waals surface area contributed by atoms with E-state index >= 15 is 0 Å². The number of pyridine rings is 1. The van der Waals surface area contributed by atoms with Crippen LogP contribution in [-0.2, 0) is 0 Å². The average Bonchev–Trinajstić information content (AvgIpc) is 2.27. The second kappa shape index (κ2) is 5.51. The van der Waals surface area contributed by atoms with Crippen molar-refractivity contribution >= 4 is 11.6 Å². The van der Waals surface area contributed by atoms with Crippen LogP contribution in [-0.4, -0.2) is 30.7 Å². The summed E-state index contributed by atoms with van der Waals surface area (Å²) in [6.45, 7) is -0.437. The maximum atomic E-state index is 11.9. The maximum absolute atomic E-state index is 11.9. The lowest BCUT2D eigenvalue weighted by molar-refractivity contribution is -0.132. The number of anilines is 1. The smallest absolute Gasteiger partial charge is 0.386 e. The highest BCUT2D eigenvalue weighted by molar-refractivity contribution is 5.99. The van der Waals surface area contributed by atoms with Gasteiger partial charge in [-0.25, -0.2) is 0 Å². The molecular weight excluding hydrogens is 235 g/mol. The van der Waals surface area contributed by atoms with E-state index in [0.717, 1.165) is 0 Å². The van der Waals surface area contributed by atoms with Gasteiger partial charge in [0.25, 0.3) is 5.91 Å². The largest absolute Gasteiger partial charge is 0.390 e. The number of nitrogens with one attached hydrogen (secondary N) is 2. The van der Waals surface area contributed by atoms with Crippen molar-refractivity contribution in [2.45, 2.75) is 12.6 Å². The fourth-order valence-electron chi connectivity index (χ4n) is 1.20. The van der Waals surface area contributed by atoms with Crippen molar-refractivity contribution in [3.63, 3.8) is 0 Å². The van der Waals surface area contributed by atoms with Crippen LogP contribution in [0.4, 0.5) is 18.9 Å². The van der Waals surface area contributed by atoms with E-state index in [0.29, 0.717) is 5.69 Å². The van der Waals surface area contributed by atoms with E-state index in [4.69, 9.17) is 0 Å². The molecule has 0 aliphatic carbocycles. The number of hydrogen-bond acceptors (Lipinski definition) is 3. The summed E-state index contributed by atoms with van der Waals surface area (Å²) in [5.41, 5.74) is 0.738. The Morgan fingerprint density at radius 3 is 2.76 bits per heavy atom. The van der Waals surface area contributed by atoms with E-state index < -0.39 is 25.0 Å². The Morgan fingerprint density at radius 1 is 1.47 bits per heavy atom. The molecule has 0 atom stereocenters. The van der Waals surface area contributed by atoms with Crippen molar-refractivity contribution in [3.8, 4) is 0 Å². The minimum Gasteiger partial charge on any atom is -0.386 e. The Hall–Kier alpha value is -1.79. The van der Waals surface area contributed by atoms with Crippen LogP contribution in [0.3, 0.4) is 0 Å². The molecule has 1 aromatic heterocycles. The summed E-state index contributed by atoms with van der Waals surface area (Å²) < 4.78 is 35.6. The van der Waals surface area contributed by atoms with Gasteiger partial charge in [0.15, 0.2) is 0 Å². The van der Waals surface area contributed by atoms with Gasteiger partial charge in [0, 0.05) is 19.8 Å². The van der Waals surface area contributed by atoms with Gasteiger partial charge < -0.3 is 10.6 Å². The van der Waals surface area contributed by atoms with Gasteiger partial charge in [-0.3, -0.25) is 9.78 Å². The molecule has 4 nitrogen and oxygen atoms in total. The first-order valence-electron chi connectivity index (χ1n) is 4.91. The Labute approximate surface area is 96.2 Å². The molecular formula is C10H12F3N3O.